The predicted molar refractivity (Wildman–Crippen MR) is 144 cm³/mol. The van der Waals surface area contributed by atoms with Crippen LogP contribution in [0.15, 0.2) is 43.0 Å². The number of aromatic hydroxyl groups is 1. The molecule has 29 heavy (non-hydrogen) atoms. The van der Waals surface area contributed by atoms with E-state index >= 15 is 0 Å². The van der Waals surface area contributed by atoms with Crippen LogP contribution in [0.1, 0.15) is 5.56 Å². The van der Waals surface area contributed by atoms with Crippen LogP contribution in [0.4, 0.5) is 0 Å². The average molecular weight is 841 g/mol. The molecular formula is C19H15I4N3O3. The van der Waals surface area contributed by atoms with Crippen molar-refractivity contribution in [1.82, 2.24) is 14.9 Å². The van der Waals surface area contributed by atoms with Crippen LogP contribution in [-0.4, -0.2) is 27.1 Å². The molecule has 3 aromatic rings. The fraction of sp³-hybridized carbons (Fsp3) is 0.158. The van der Waals surface area contributed by atoms with E-state index in [1.807, 2.05) is 22.9 Å². The summed E-state index contributed by atoms with van der Waals surface area (Å²) in [7, 11) is 0. The van der Waals surface area contributed by atoms with Gasteiger partial charge in [-0.2, -0.15) is 0 Å². The molecule has 0 saturated carbocycles. The van der Waals surface area contributed by atoms with Crippen LogP contribution in [0.2, 0.25) is 0 Å². The van der Waals surface area contributed by atoms with Crippen LogP contribution < -0.4 is 10.1 Å². The Hall–Kier alpha value is -0.360. The van der Waals surface area contributed by atoms with Gasteiger partial charge in [0.2, 0.25) is 5.91 Å². The second kappa shape index (κ2) is 10.8. The first-order valence-electron chi connectivity index (χ1n) is 8.39. The van der Waals surface area contributed by atoms with Crippen LogP contribution in [0, 0.1) is 14.3 Å². The highest BCUT2D eigenvalue weighted by atomic mass is 127. The van der Waals surface area contributed by atoms with Gasteiger partial charge in [0.1, 0.15) is 11.5 Å². The number of nitrogens with one attached hydrogen (secondary N) is 1. The Kier molecular flexibility index (Phi) is 8.67. The van der Waals surface area contributed by atoms with Gasteiger partial charge in [-0.05, 0) is 120 Å². The predicted octanol–water partition coefficient (Wildman–Crippen LogP) is 5.16. The van der Waals surface area contributed by atoms with Gasteiger partial charge in [0.25, 0.3) is 0 Å². The van der Waals surface area contributed by atoms with Gasteiger partial charge in [0, 0.05) is 25.5 Å². The number of hydrogen-bond donors (Lipinski definition) is 2. The molecular weight excluding hydrogens is 826 g/mol. The third-order valence-corrected chi connectivity index (χ3v) is 7.13. The summed E-state index contributed by atoms with van der Waals surface area (Å²) >= 11 is 8.60. The second-order valence-corrected chi connectivity index (χ2v) is 10.7. The third kappa shape index (κ3) is 6.56. The monoisotopic (exact) mass is 841 g/mol. The fourth-order valence-corrected chi connectivity index (χ4v) is 6.35. The number of imidazole rings is 1. The van der Waals surface area contributed by atoms with Gasteiger partial charge in [0.15, 0.2) is 5.75 Å². The molecule has 2 N–H and O–H groups in total. The third-order valence-electron chi connectivity index (χ3n) is 3.88. The zero-order chi connectivity index (χ0) is 21.0. The molecule has 0 aliphatic rings. The summed E-state index contributed by atoms with van der Waals surface area (Å²) in [6.45, 7) is 1.25. The van der Waals surface area contributed by atoms with Crippen LogP contribution in [-0.2, 0) is 17.8 Å². The lowest BCUT2D eigenvalue weighted by molar-refractivity contribution is -0.120. The molecule has 0 spiro atoms. The Bertz CT molecular complexity index is 980. The summed E-state index contributed by atoms with van der Waals surface area (Å²) in [5.41, 5.74) is 0.932. The van der Waals surface area contributed by atoms with Crippen molar-refractivity contribution >= 4 is 96.3 Å². The van der Waals surface area contributed by atoms with Crippen molar-refractivity contribution in [1.29, 1.82) is 0 Å². The first-order chi connectivity index (χ1) is 13.8. The maximum absolute atomic E-state index is 12.2. The van der Waals surface area contributed by atoms with Gasteiger partial charge in [-0.15, -0.1) is 0 Å². The van der Waals surface area contributed by atoms with Crippen LogP contribution in [0.25, 0.3) is 0 Å². The highest BCUT2D eigenvalue weighted by molar-refractivity contribution is 14.1. The molecule has 0 atom stereocenters. The van der Waals surface area contributed by atoms with E-state index in [1.54, 1.807) is 24.7 Å². The number of amides is 1. The Morgan fingerprint density at radius 2 is 1.72 bits per heavy atom. The van der Waals surface area contributed by atoms with Crippen LogP contribution >= 0.6 is 90.4 Å². The zero-order valence-electron chi connectivity index (χ0n) is 14.8. The zero-order valence-corrected chi connectivity index (χ0v) is 23.5. The number of carbonyl (C=O) groups excluding carboxylic acids is 1. The van der Waals surface area contributed by atoms with Crippen molar-refractivity contribution < 1.29 is 14.6 Å². The maximum Gasteiger partial charge on any atom is 0.224 e. The summed E-state index contributed by atoms with van der Waals surface area (Å²) < 4.78 is 11.3. The van der Waals surface area contributed by atoms with E-state index in [0.29, 0.717) is 25.3 Å². The van der Waals surface area contributed by atoms with Crippen LogP contribution in [0.3, 0.4) is 0 Å². The summed E-state index contributed by atoms with van der Waals surface area (Å²) in [4.78, 5) is 16.2. The summed E-state index contributed by atoms with van der Waals surface area (Å²) in [5, 5.41) is 12.9. The molecule has 1 heterocycles. The van der Waals surface area contributed by atoms with Gasteiger partial charge < -0.3 is 19.7 Å². The lowest BCUT2D eigenvalue weighted by atomic mass is 10.1. The minimum atomic E-state index is -0.0203. The first kappa shape index (κ1) is 23.3. The number of benzene rings is 2. The number of hydrogen-bond acceptors (Lipinski definition) is 4. The molecule has 1 aromatic heterocycles. The molecule has 10 heteroatoms. The smallest absolute Gasteiger partial charge is 0.224 e. The second-order valence-electron chi connectivity index (χ2n) is 6.05. The van der Waals surface area contributed by atoms with Crippen molar-refractivity contribution in [3.05, 3.63) is 62.8 Å². The van der Waals surface area contributed by atoms with Gasteiger partial charge in [0.05, 0.1) is 27.0 Å². The van der Waals surface area contributed by atoms with E-state index in [9.17, 15) is 9.90 Å². The molecule has 0 saturated heterocycles. The molecule has 0 aliphatic carbocycles. The van der Waals surface area contributed by atoms with E-state index in [-0.39, 0.29) is 11.7 Å². The number of ether oxygens (including phenoxy) is 1. The average Bonchev–Trinajstić information content (AvgIpc) is 3.16. The van der Waals surface area contributed by atoms with Gasteiger partial charge in [-0.1, -0.05) is 0 Å². The first-order valence-corrected chi connectivity index (χ1v) is 12.7. The summed E-state index contributed by atoms with van der Waals surface area (Å²) in [6.07, 6.45) is 5.62. The molecule has 6 nitrogen and oxygen atoms in total. The molecule has 0 fully saturated rings. The number of carbonyl (C=O) groups is 1. The minimum Gasteiger partial charge on any atom is -0.506 e. The fourth-order valence-electron chi connectivity index (χ4n) is 2.52. The van der Waals surface area contributed by atoms with Crippen LogP contribution in [0.5, 0.6) is 17.2 Å². The van der Waals surface area contributed by atoms with Crippen molar-refractivity contribution in [3.8, 4) is 17.2 Å². The lowest BCUT2D eigenvalue weighted by Gasteiger charge is -2.13. The minimum absolute atomic E-state index is 0.0203. The quantitative estimate of drug-likeness (QED) is 0.323. The van der Waals surface area contributed by atoms with Crippen molar-refractivity contribution in [3.63, 3.8) is 0 Å². The molecule has 1 amide bonds. The molecule has 0 bridgehead atoms. The number of phenolic OH excluding ortho intramolecular Hbond substituents is 1. The van der Waals surface area contributed by atoms with E-state index in [1.165, 1.54) is 0 Å². The molecule has 152 valence electrons. The Morgan fingerprint density at radius 1 is 1.07 bits per heavy atom. The van der Waals surface area contributed by atoms with Gasteiger partial charge in [-0.25, -0.2) is 4.98 Å². The number of nitrogens with zero attached hydrogens (tertiary/aromatic N) is 2. The van der Waals surface area contributed by atoms with E-state index < -0.39 is 0 Å². The van der Waals surface area contributed by atoms with E-state index in [2.05, 4.69) is 101 Å². The number of aromatic nitrogens is 2. The molecule has 3 rings (SSSR count). The molecule has 0 aliphatic heterocycles. The van der Waals surface area contributed by atoms with Crippen molar-refractivity contribution in [2.24, 2.45) is 0 Å². The standard InChI is InChI=1S/C19H15I4N3O3/c20-13-8-12(9-14(21)18(13)28)29-19-15(22)5-11(6-16(19)23)7-17(27)25-2-4-26-3-1-24-10-26/h1,3,5-6,8-10,28H,2,4,7H2,(H,25,27). The lowest BCUT2D eigenvalue weighted by Crippen LogP contribution is -2.28. The number of phenols is 1. The van der Waals surface area contributed by atoms with Gasteiger partial charge in [-0.3, -0.25) is 4.79 Å². The largest absolute Gasteiger partial charge is 0.506 e. The number of halogens is 4. The maximum atomic E-state index is 12.2. The van der Waals surface area contributed by atoms with E-state index in [4.69, 9.17) is 4.74 Å². The van der Waals surface area contributed by atoms with E-state index in [0.717, 1.165) is 25.6 Å². The van der Waals surface area contributed by atoms with Crippen molar-refractivity contribution in [2.45, 2.75) is 13.0 Å². The molecule has 0 radical (unpaired) electrons. The molecule has 0 unspecified atom stereocenters. The Labute approximate surface area is 222 Å². The highest BCUT2D eigenvalue weighted by Gasteiger charge is 2.14. The summed E-state index contributed by atoms with van der Waals surface area (Å²) in [5.74, 6) is 1.65. The van der Waals surface area contributed by atoms with Crippen molar-refractivity contribution in [2.75, 3.05) is 6.54 Å². The Morgan fingerprint density at radius 3 is 2.31 bits per heavy atom. The normalized spacial score (nSPS) is 10.8. The topological polar surface area (TPSA) is 76.4 Å². The SMILES string of the molecule is O=C(Cc1cc(I)c(Oc2cc(I)c(O)c(I)c2)c(I)c1)NCCn1ccnc1. The number of rotatable bonds is 7. The van der Waals surface area contributed by atoms with Gasteiger partial charge >= 0.3 is 0 Å². The Balaban J connectivity index is 1.65. The summed E-state index contributed by atoms with van der Waals surface area (Å²) in [6, 6.07) is 7.52. The highest BCUT2D eigenvalue weighted by Crippen LogP contribution is 2.36. The molecule has 2 aromatic carbocycles.